The molecule has 0 aliphatic rings. The van der Waals surface area contributed by atoms with Crippen molar-refractivity contribution < 1.29 is 9.90 Å². The van der Waals surface area contributed by atoms with Gasteiger partial charge in [0.05, 0.1) is 12.6 Å². The Bertz CT molecular complexity index is 646. The van der Waals surface area contributed by atoms with Crippen molar-refractivity contribution in [3.05, 3.63) is 59.8 Å². The molecule has 2 aromatic rings. The average Bonchev–Trinajstić information content (AvgIpc) is 2.63. The van der Waals surface area contributed by atoms with Crippen molar-refractivity contribution in [3.63, 3.8) is 0 Å². The minimum absolute atomic E-state index is 0.191. The van der Waals surface area contributed by atoms with Gasteiger partial charge in [0.1, 0.15) is 5.82 Å². The molecular formula is C19H26N4O2. The third kappa shape index (κ3) is 6.43. The van der Waals surface area contributed by atoms with Crippen molar-refractivity contribution in [1.29, 1.82) is 0 Å². The van der Waals surface area contributed by atoms with Gasteiger partial charge in [0, 0.05) is 26.3 Å². The first-order valence-electron chi connectivity index (χ1n) is 8.45. The van der Waals surface area contributed by atoms with Gasteiger partial charge in [-0.15, -0.1) is 0 Å². The van der Waals surface area contributed by atoms with Crippen LogP contribution in [0.25, 0.3) is 0 Å². The second-order valence-electron chi connectivity index (χ2n) is 6.04. The Morgan fingerprint density at radius 1 is 1.20 bits per heavy atom. The summed E-state index contributed by atoms with van der Waals surface area (Å²) >= 11 is 0. The number of hydrogen-bond donors (Lipinski definition) is 3. The molecule has 134 valence electrons. The molecule has 6 heteroatoms. The summed E-state index contributed by atoms with van der Waals surface area (Å²) < 4.78 is 0. The minimum Gasteiger partial charge on any atom is -0.387 e. The van der Waals surface area contributed by atoms with E-state index in [1.54, 1.807) is 7.05 Å². The number of anilines is 1. The molecule has 1 heterocycles. The Kier molecular flexibility index (Phi) is 7.22. The van der Waals surface area contributed by atoms with Crippen LogP contribution in [0.1, 0.15) is 23.7 Å². The third-order valence-electron chi connectivity index (χ3n) is 3.83. The predicted molar refractivity (Wildman–Crippen MR) is 99.5 cm³/mol. The molecule has 0 bridgehead atoms. The van der Waals surface area contributed by atoms with Gasteiger partial charge in [0.15, 0.2) is 0 Å². The Labute approximate surface area is 148 Å². The van der Waals surface area contributed by atoms with Crippen LogP contribution in [-0.2, 0) is 0 Å². The molecule has 0 fully saturated rings. The predicted octanol–water partition coefficient (Wildman–Crippen LogP) is 2.57. The molecule has 1 atom stereocenters. The zero-order valence-electron chi connectivity index (χ0n) is 14.8. The van der Waals surface area contributed by atoms with Gasteiger partial charge < -0.3 is 20.6 Å². The van der Waals surface area contributed by atoms with E-state index in [2.05, 4.69) is 15.6 Å². The van der Waals surface area contributed by atoms with Crippen LogP contribution >= 0.6 is 0 Å². The highest BCUT2D eigenvalue weighted by molar-refractivity contribution is 5.73. The number of aliphatic hydroxyl groups excluding tert-OH is 1. The number of likely N-dealkylation sites (N-methyl/N-ethyl adjacent to an activating group) is 1. The zero-order valence-corrected chi connectivity index (χ0v) is 14.8. The third-order valence-corrected chi connectivity index (χ3v) is 3.83. The molecule has 1 aromatic heterocycles. The SMILES string of the molecule is Cc1ccc(NCCCNC(=O)N(C)CC(O)c2ccccc2)nc1. The lowest BCUT2D eigenvalue weighted by Crippen LogP contribution is -2.40. The van der Waals surface area contributed by atoms with E-state index >= 15 is 0 Å². The number of rotatable bonds is 8. The van der Waals surface area contributed by atoms with Gasteiger partial charge in [-0.25, -0.2) is 9.78 Å². The summed E-state index contributed by atoms with van der Waals surface area (Å²) in [4.78, 5) is 17.8. The van der Waals surface area contributed by atoms with E-state index in [0.29, 0.717) is 6.54 Å². The molecule has 0 saturated heterocycles. The van der Waals surface area contributed by atoms with Crippen molar-refractivity contribution in [2.75, 3.05) is 32.0 Å². The highest BCUT2D eigenvalue weighted by Crippen LogP contribution is 2.12. The summed E-state index contributed by atoms with van der Waals surface area (Å²) in [6, 6.07) is 13.1. The van der Waals surface area contributed by atoms with Crippen LogP contribution in [0.4, 0.5) is 10.6 Å². The zero-order chi connectivity index (χ0) is 18.1. The van der Waals surface area contributed by atoms with Gasteiger partial charge in [0.25, 0.3) is 0 Å². The fraction of sp³-hybridized carbons (Fsp3) is 0.368. The van der Waals surface area contributed by atoms with Crippen LogP contribution in [0.15, 0.2) is 48.7 Å². The number of hydrogen-bond acceptors (Lipinski definition) is 4. The quantitative estimate of drug-likeness (QED) is 0.644. The molecule has 25 heavy (non-hydrogen) atoms. The summed E-state index contributed by atoms with van der Waals surface area (Å²) in [6.07, 6.45) is 1.92. The minimum atomic E-state index is -0.689. The van der Waals surface area contributed by atoms with Crippen molar-refractivity contribution in [1.82, 2.24) is 15.2 Å². The largest absolute Gasteiger partial charge is 0.387 e. The molecular weight excluding hydrogens is 316 g/mol. The van der Waals surface area contributed by atoms with Crippen LogP contribution < -0.4 is 10.6 Å². The Hall–Kier alpha value is -2.60. The standard InChI is InChI=1S/C19H26N4O2/c1-15-9-10-18(22-13-15)20-11-6-12-21-19(25)23(2)14-17(24)16-7-4-3-5-8-16/h3-5,7-10,13,17,24H,6,11-12,14H2,1-2H3,(H,20,22)(H,21,25). The van der Waals surface area contributed by atoms with Gasteiger partial charge in [-0.05, 0) is 30.5 Å². The van der Waals surface area contributed by atoms with Crippen LogP contribution in [0, 0.1) is 6.92 Å². The lowest BCUT2D eigenvalue weighted by Gasteiger charge is -2.21. The highest BCUT2D eigenvalue weighted by atomic mass is 16.3. The second kappa shape index (κ2) is 9.64. The number of amides is 2. The van der Waals surface area contributed by atoms with Gasteiger partial charge >= 0.3 is 6.03 Å². The van der Waals surface area contributed by atoms with E-state index in [4.69, 9.17) is 0 Å². The van der Waals surface area contributed by atoms with E-state index in [9.17, 15) is 9.90 Å². The molecule has 1 unspecified atom stereocenters. The summed E-state index contributed by atoms with van der Waals surface area (Å²) in [7, 11) is 1.68. The number of aryl methyl sites for hydroxylation is 1. The molecule has 0 radical (unpaired) electrons. The highest BCUT2D eigenvalue weighted by Gasteiger charge is 2.14. The van der Waals surface area contributed by atoms with Gasteiger partial charge in [0.2, 0.25) is 0 Å². The van der Waals surface area contributed by atoms with E-state index in [-0.39, 0.29) is 12.6 Å². The van der Waals surface area contributed by atoms with E-state index in [0.717, 1.165) is 29.9 Å². The number of urea groups is 1. The van der Waals surface area contributed by atoms with Crippen LogP contribution in [0.5, 0.6) is 0 Å². The van der Waals surface area contributed by atoms with Gasteiger partial charge in [-0.2, -0.15) is 0 Å². The van der Waals surface area contributed by atoms with Crippen LogP contribution in [0.3, 0.4) is 0 Å². The van der Waals surface area contributed by atoms with Crippen molar-refractivity contribution in [2.24, 2.45) is 0 Å². The number of nitrogens with zero attached hydrogens (tertiary/aromatic N) is 2. The van der Waals surface area contributed by atoms with Gasteiger partial charge in [-0.3, -0.25) is 0 Å². The number of carbonyl (C=O) groups excluding carboxylic acids is 1. The number of pyridine rings is 1. The van der Waals surface area contributed by atoms with Gasteiger partial charge in [-0.1, -0.05) is 36.4 Å². The first-order valence-corrected chi connectivity index (χ1v) is 8.45. The summed E-state index contributed by atoms with van der Waals surface area (Å²) in [5, 5.41) is 16.2. The number of carbonyl (C=O) groups is 1. The normalized spacial score (nSPS) is 11.6. The van der Waals surface area contributed by atoms with Crippen molar-refractivity contribution >= 4 is 11.8 Å². The Morgan fingerprint density at radius 2 is 1.96 bits per heavy atom. The molecule has 0 saturated carbocycles. The fourth-order valence-corrected chi connectivity index (χ4v) is 2.33. The molecule has 0 spiro atoms. The van der Waals surface area contributed by atoms with Crippen LogP contribution in [-0.4, -0.2) is 47.7 Å². The molecule has 2 rings (SSSR count). The molecule has 0 aliphatic heterocycles. The smallest absolute Gasteiger partial charge is 0.317 e. The average molecular weight is 342 g/mol. The van der Waals surface area contributed by atoms with E-state index in [1.165, 1.54) is 4.90 Å². The summed E-state index contributed by atoms with van der Waals surface area (Å²) in [5.74, 6) is 0.833. The topological polar surface area (TPSA) is 77.5 Å². The first-order chi connectivity index (χ1) is 12.1. The summed E-state index contributed by atoms with van der Waals surface area (Å²) in [6.45, 7) is 3.54. The second-order valence-corrected chi connectivity index (χ2v) is 6.04. The van der Waals surface area contributed by atoms with Crippen molar-refractivity contribution in [2.45, 2.75) is 19.4 Å². The Balaban J connectivity index is 1.63. The number of aromatic nitrogens is 1. The first kappa shape index (κ1) is 18.7. The fourth-order valence-electron chi connectivity index (χ4n) is 2.33. The lowest BCUT2D eigenvalue weighted by molar-refractivity contribution is 0.131. The maximum atomic E-state index is 12.1. The monoisotopic (exact) mass is 342 g/mol. The molecule has 3 N–H and O–H groups in total. The lowest BCUT2D eigenvalue weighted by atomic mass is 10.1. The number of benzene rings is 1. The Morgan fingerprint density at radius 3 is 2.64 bits per heavy atom. The molecule has 2 amide bonds. The summed E-state index contributed by atoms with van der Waals surface area (Å²) in [5.41, 5.74) is 1.93. The van der Waals surface area contributed by atoms with Crippen LogP contribution in [0.2, 0.25) is 0 Å². The maximum absolute atomic E-state index is 12.1. The van der Waals surface area contributed by atoms with E-state index in [1.807, 2.05) is 55.6 Å². The van der Waals surface area contributed by atoms with Crippen molar-refractivity contribution in [3.8, 4) is 0 Å². The molecule has 0 aliphatic carbocycles. The number of aliphatic hydroxyl groups is 1. The maximum Gasteiger partial charge on any atom is 0.317 e. The van der Waals surface area contributed by atoms with E-state index < -0.39 is 6.10 Å². The molecule has 6 nitrogen and oxygen atoms in total. The number of nitrogens with one attached hydrogen (secondary N) is 2. The molecule has 1 aromatic carbocycles.